The highest BCUT2D eigenvalue weighted by Crippen LogP contribution is 2.27. The number of nitrogen functional groups attached to an aromatic ring is 1. The summed E-state index contributed by atoms with van der Waals surface area (Å²) in [5, 5.41) is 0. The molecule has 0 aromatic carbocycles. The molecule has 2 heterocycles. The molecule has 18 heavy (non-hydrogen) atoms. The Bertz CT molecular complexity index is 393. The van der Waals surface area contributed by atoms with Crippen molar-refractivity contribution in [3.8, 4) is 0 Å². The van der Waals surface area contributed by atoms with Gasteiger partial charge in [-0.1, -0.05) is 13.3 Å². The lowest BCUT2D eigenvalue weighted by Gasteiger charge is -2.24. The fraction of sp³-hybridized carbons (Fsp3) is 0.692. The Morgan fingerprint density at radius 2 is 2.22 bits per heavy atom. The van der Waals surface area contributed by atoms with Gasteiger partial charge in [-0.15, -0.1) is 0 Å². The number of anilines is 2. The average molecular weight is 249 g/mol. The van der Waals surface area contributed by atoms with Gasteiger partial charge in [0.1, 0.15) is 5.82 Å². The molecule has 2 rings (SSSR count). The zero-order valence-electron chi connectivity index (χ0n) is 11.5. The van der Waals surface area contributed by atoms with Gasteiger partial charge in [-0.3, -0.25) is 0 Å². The minimum Gasteiger partial charge on any atom is -0.384 e. The van der Waals surface area contributed by atoms with E-state index in [4.69, 9.17) is 5.73 Å². The fourth-order valence-electron chi connectivity index (χ4n) is 2.77. The second-order valence-corrected chi connectivity index (χ2v) is 5.27. The molecule has 0 amide bonds. The first kappa shape index (κ1) is 13.1. The highest BCUT2D eigenvalue weighted by molar-refractivity contribution is 5.39. The summed E-state index contributed by atoms with van der Waals surface area (Å²) in [4.78, 5) is 13.2. The average Bonchev–Trinajstić information content (AvgIpc) is 2.74. The van der Waals surface area contributed by atoms with E-state index in [-0.39, 0.29) is 0 Å². The first-order valence-corrected chi connectivity index (χ1v) is 6.61. The molecule has 5 heteroatoms. The summed E-state index contributed by atoms with van der Waals surface area (Å²) in [7, 11) is 4.30. The van der Waals surface area contributed by atoms with Crippen molar-refractivity contribution in [1.29, 1.82) is 0 Å². The van der Waals surface area contributed by atoms with Gasteiger partial charge in [0, 0.05) is 25.3 Å². The Labute approximate surface area is 109 Å². The maximum atomic E-state index is 5.73. The summed E-state index contributed by atoms with van der Waals surface area (Å²) in [5.41, 5.74) is 5.73. The van der Waals surface area contributed by atoms with Crippen LogP contribution < -0.4 is 10.6 Å². The van der Waals surface area contributed by atoms with Crippen LogP contribution in [-0.4, -0.2) is 48.1 Å². The third-order valence-electron chi connectivity index (χ3n) is 3.68. The molecule has 1 aromatic rings. The predicted molar refractivity (Wildman–Crippen MR) is 74.5 cm³/mol. The van der Waals surface area contributed by atoms with Crippen LogP contribution in [0.5, 0.6) is 0 Å². The molecule has 1 aromatic heterocycles. The highest BCUT2D eigenvalue weighted by Gasteiger charge is 2.34. The lowest BCUT2D eigenvalue weighted by atomic mass is 9.98. The molecule has 0 radical (unpaired) electrons. The van der Waals surface area contributed by atoms with Crippen LogP contribution in [0.15, 0.2) is 12.3 Å². The number of likely N-dealkylation sites (N-methyl/N-ethyl adjacent to an activating group) is 1. The Kier molecular flexibility index (Phi) is 4.01. The van der Waals surface area contributed by atoms with Crippen molar-refractivity contribution in [2.45, 2.75) is 25.8 Å². The molecule has 100 valence electrons. The van der Waals surface area contributed by atoms with Crippen molar-refractivity contribution in [3.05, 3.63) is 12.3 Å². The van der Waals surface area contributed by atoms with E-state index in [1.54, 1.807) is 12.3 Å². The van der Waals surface area contributed by atoms with E-state index in [2.05, 4.69) is 40.8 Å². The quantitative estimate of drug-likeness (QED) is 0.869. The molecule has 5 nitrogen and oxygen atoms in total. The van der Waals surface area contributed by atoms with Gasteiger partial charge in [-0.05, 0) is 32.5 Å². The molecule has 0 bridgehead atoms. The smallest absolute Gasteiger partial charge is 0.227 e. The number of aromatic nitrogens is 2. The van der Waals surface area contributed by atoms with Crippen LogP contribution >= 0.6 is 0 Å². The monoisotopic (exact) mass is 249 g/mol. The Morgan fingerprint density at radius 1 is 1.44 bits per heavy atom. The number of rotatable bonds is 4. The summed E-state index contributed by atoms with van der Waals surface area (Å²) < 4.78 is 0. The molecular formula is C13H23N5. The van der Waals surface area contributed by atoms with Crippen molar-refractivity contribution in [1.82, 2.24) is 14.9 Å². The Morgan fingerprint density at radius 3 is 2.83 bits per heavy atom. The molecular weight excluding hydrogens is 226 g/mol. The largest absolute Gasteiger partial charge is 0.384 e. The third-order valence-corrected chi connectivity index (χ3v) is 3.68. The normalized spacial score (nSPS) is 23.9. The van der Waals surface area contributed by atoms with Gasteiger partial charge in [0.2, 0.25) is 5.95 Å². The molecule has 0 spiro atoms. The molecule has 1 saturated heterocycles. The van der Waals surface area contributed by atoms with Crippen molar-refractivity contribution in [2.75, 3.05) is 37.8 Å². The molecule has 2 atom stereocenters. The topological polar surface area (TPSA) is 58.3 Å². The van der Waals surface area contributed by atoms with E-state index in [1.165, 1.54) is 12.8 Å². The van der Waals surface area contributed by atoms with Crippen molar-refractivity contribution < 1.29 is 0 Å². The highest BCUT2D eigenvalue weighted by atomic mass is 15.3. The van der Waals surface area contributed by atoms with E-state index in [9.17, 15) is 0 Å². The molecule has 1 aliphatic heterocycles. The minimum absolute atomic E-state index is 0.542. The zero-order valence-corrected chi connectivity index (χ0v) is 11.5. The van der Waals surface area contributed by atoms with Crippen molar-refractivity contribution in [2.24, 2.45) is 5.92 Å². The number of hydrogen-bond acceptors (Lipinski definition) is 5. The molecule has 0 saturated carbocycles. The van der Waals surface area contributed by atoms with Gasteiger partial charge in [-0.2, -0.15) is 4.98 Å². The van der Waals surface area contributed by atoms with Gasteiger partial charge in [0.15, 0.2) is 0 Å². The molecule has 0 aliphatic carbocycles. The minimum atomic E-state index is 0.542. The van der Waals surface area contributed by atoms with Gasteiger partial charge in [0.25, 0.3) is 0 Å². The predicted octanol–water partition coefficient (Wildman–Crippen LogP) is 1.23. The third kappa shape index (κ3) is 2.72. The van der Waals surface area contributed by atoms with Crippen LogP contribution in [0.3, 0.4) is 0 Å². The first-order chi connectivity index (χ1) is 8.61. The Balaban J connectivity index is 2.12. The summed E-state index contributed by atoms with van der Waals surface area (Å²) in [6, 6.07) is 2.31. The maximum absolute atomic E-state index is 5.73. The van der Waals surface area contributed by atoms with E-state index < -0.39 is 0 Å². The standard InChI is InChI=1S/C13H23N5/c1-4-5-10-8-18(9-11(10)17(2)3)13-15-7-6-12(14)16-13/h6-7,10-11H,4-5,8-9H2,1-3H3,(H2,14,15,16). The fourth-order valence-corrected chi connectivity index (χ4v) is 2.77. The van der Waals surface area contributed by atoms with Gasteiger partial charge in [-0.25, -0.2) is 4.98 Å². The first-order valence-electron chi connectivity index (χ1n) is 6.61. The number of hydrogen-bond donors (Lipinski definition) is 1. The van der Waals surface area contributed by atoms with Crippen LogP contribution in [0.2, 0.25) is 0 Å². The Hall–Kier alpha value is -1.36. The van der Waals surface area contributed by atoms with E-state index in [1.807, 2.05) is 0 Å². The van der Waals surface area contributed by atoms with Crippen LogP contribution in [0, 0.1) is 5.92 Å². The van der Waals surface area contributed by atoms with E-state index in [0.29, 0.717) is 17.8 Å². The molecule has 1 fully saturated rings. The van der Waals surface area contributed by atoms with Crippen molar-refractivity contribution in [3.63, 3.8) is 0 Å². The van der Waals surface area contributed by atoms with Crippen LogP contribution in [-0.2, 0) is 0 Å². The van der Waals surface area contributed by atoms with Crippen LogP contribution in [0.4, 0.5) is 11.8 Å². The van der Waals surface area contributed by atoms with E-state index >= 15 is 0 Å². The zero-order chi connectivity index (χ0) is 13.1. The van der Waals surface area contributed by atoms with Gasteiger partial charge in [0.05, 0.1) is 0 Å². The van der Waals surface area contributed by atoms with Crippen molar-refractivity contribution >= 4 is 11.8 Å². The van der Waals surface area contributed by atoms with Crippen LogP contribution in [0.1, 0.15) is 19.8 Å². The van der Waals surface area contributed by atoms with E-state index in [0.717, 1.165) is 19.0 Å². The molecule has 2 unspecified atom stereocenters. The second kappa shape index (κ2) is 5.52. The lowest BCUT2D eigenvalue weighted by Crippen LogP contribution is -2.35. The molecule has 1 aliphatic rings. The molecule has 2 N–H and O–H groups in total. The SMILES string of the molecule is CCCC1CN(c2nccc(N)n2)CC1N(C)C. The number of nitrogens with two attached hydrogens (primary N) is 1. The lowest BCUT2D eigenvalue weighted by molar-refractivity contribution is 0.246. The van der Waals surface area contributed by atoms with Crippen LogP contribution in [0.25, 0.3) is 0 Å². The summed E-state index contributed by atoms with van der Waals surface area (Å²) >= 11 is 0. The number of nitrogens with zero attached hydrogens (tertiary/aromatic N) is 4. The van der Waals surface area contributed by atoms with Gasteiger partial charge >= 0.3 is 0 Å². The maximum Gasteiger partial charge on any atom is 0.227 e. The summed E-state index contributed by atoms with van der Waals surface area (Å²) in [5.74, 6) is 2.00. The summed E-state index contributed by atoms with van der Waals surface area (Å²) in [6.07, 6.45) is 4.21. The summed E-state index contributed by atoms with van der Waals surface area (Å²) in [6.45, 7) is 4.26. The van der Waals surface area contributed by atoms with Gasteiger partial charge < -0.3 is 15.5 Å². The second-order valence-electron chi connectivity index (χ2n) is 5.27.